The molecule has 0 aromatic heterocycles. The first kappa shape index (κ1) is 21.7. The lowest BCUT2D eigenvalue weighted by atomic mass is 9.97. The van der Waals surface area contributed by atoms with Crippen LogP contribution in [0.4, 0.5) is 16.2 Å². The summed E-state index contributed by atoms with van der Waals surface area (Å²) < 4.78 is 15.5. The molecule has 8 nitrogen and oxygen atoms in total. The number of carbonyl (C=O) groups excluding carboxylic acids is 2. The summed E-state index contributed by atoms with van der Waals surface area (Å²) in [6, 6.07) is 3.18. The Morgan fingerprint density at radius 2 is 1.86 bits per heavy atom. The van der Waals surface area contributed by atoms with Crippen LogP contribution in [0.2, 0.25) is 0 Å². The van der Waals surface area contributed by atoms with Crippen LogP contribution in [0, 0.1) is 5.92 Å². The maximum atomic E-state index is 12.2. The van der Waals surface area contributed by atoms with Crippen molar-refractivity contribution in [3.05, 3.63) is 17.7 Å². The van der Waals surface area contributed by atoms with E-state index in [2.05, 4.69) is 5.32 Å². The van der Waals surface area contributed by atoms with Crippen LogP contribution in [0.15, 0.2) is 12.1 Å². The van der Waals surface area contributed by atoms with Crippen LogP contribution >= 0.6 is 0 Å². The van der Waals surface area contributed by atoms with Gasteiger partial charge in [0.25, 0.3) is 0 Å². The number of likely N-dealkylation sites (tertiary alicyclic amines) is 1. The highest BCUT2D eigenvalue weighted by atomic mass is 16.6. The largest absolute Gasteiger partial charge is 0.494 e. The second-order valence-corrected chi connectivity index (χ2v) is 7.93. The van der Waals surface area contributed by atoms with Crippen LogP contribution in [0.3, 0.4) is 0 Å². The third-order valence-electron chi connectivity index (χ3n) is 4.61. The molecule has 8 heteroatoms. The Hall–Kier alpha value is -2.64. The first-order valence-electron chi connectivity index (χ1n) is 9.42. The first-order chi connectivity index (χ1) is 13.1. The van der Waals surface area contributed by atoms with Gasteiger partial charge in [-0.2, -0.15) is 0 Å². The van der Waals surface area contributed by atoms with Crippen molar-refractivity contribution in [2.24, 2.45) is 5.92 Å². The molecule has 1 fully saturated rings. The Morgan fingerprint density at radius 3 is 2.39 bits per heavy atom. The number of hydrogen-bond acceptors (Lipinski definition) is 7. The van der Waals surface area contributed by atoms with Crippen LogP contribution in [-0.4, -0.2) is 56.4 Å². The summed E-state index contributed by atoms with van der Waals surface area (Å²) in [5, 5.41) is 3.33. The highest BCUT2D eigenvalue weighted by Crippen LogP contribution is 2.33. The van der Waals surface area contributed by atoms with E-state index in [0.717, 1.165) is 12.8 Å². The fourth-order valence-electron chi connectivity index (χ4n) is 3.12. The van der Waals surface area contributed by atoms with E-state index in [1.165, 1.54) is 14.2 Å². The third-order valence-corrected chi connectivity index (χ3v) is 4.61. The Bertz CT molecular complexity index is 707. The zero-order chi connectivity index (χ0) is 20.9. The SMILES string of the molecule is COC(=O)c1cc(N)c(NCC2CCN(C(=O)OC(C)(C)C)CC2)c(OC)c1. The molecule has 0 spiro atoms. The number of nitrogens with one attached hydrogen (secondary N) is 1. The molecule has 28 heavy (non-hydrogen) atoms. The van der Waals surface area contributed by atoms with Crippen molar-refractivity contribution in [3.63, 3.8) is 0 Å². The molecule has 0 aliphatic carbocycles. The molecule has 156 valence electrons. The van der Waals surface area contributed by atoms with Crippen molar-refractivity contribution in [2.45, 2.75) is 39.2 Å². The second kappa shape index (κ2) is 9.03. The van der Waals surface area contributed by atoms with Crippen molar-refractivity contribution < 1.29 is 23.8 Å². The molecule has 0 bridgehead atoms. The molecule has 0 radical (unpaired) electrons. The van der Waals surface area contributed by atoms with Crippen LogP contribution in [0.1, 0.15) is 44.0 Å². The van der Waals surface area contributed by atoms with Crippen molar-refractivity contribution in [3.8, 4) is 5.75 Å². The highest BCUT2D eigenvalue weighted by molar-refractivity contribution is 5.93. The smallest absolute Gasteiger partial charge is 0.410 e. The Morgan fingerprint density at radius 1 is 1.21 bits per heavy atom. The maximum Gasteiger partial charge on any atom is 0.410 e. The molecular formula is C20H31N3O5. The number of carbonyl (C=O) groups is 2. The van der Waals surface area contributed by atoms with Gasteiger partial charge in [-0.15, -0.1) is 0 Å². The minimum atomic E-state index is -0.486. The Labute approximate surface area is 166 Å². The standard InChI is InChI=1S/C20H31N3O5/c1-20(2,3)28-19(25)23-8-6-13(7-9-23)12-22-17-15(21)10-14(18(24)27-5)11-16(17)26-4/h10-11,13,22H,6-9,12,21H2,1-5H3. The van der Waals surface area contributed by atoms with Gasteiger partial charge in [0.05, 0.1) is 25.5 Å². The third kappa shape index (κ3) is 5.68. The summed E-state index contributed by atoms with van der Waals surface area (Å²) in [6.07, 6.45) is 1.48. The highest BCUT2D eigenvalue weighted by Gasteiger charge is 2.27. The number of amides is 1. The van der Waals surface area contributed by atoms with E-state index in [-0.39, 0.29) is 6.09 Å². The number of ether oxygens (including phenoxy) is 3. The first-order valence-corrected chi connectivity index (χ1v) is 9.42. The minimum absolute atomic E-state index is 0.261. The molecule has 0 unspecified atom stereocenters. The fraction of sp³-hybridized carbons (Fsp3) is 0.600. The number of nitrogens with zero attached hydrogens (tertiary/aromatic N) is 1. The maximum absolute atomic E-state index is 12.2. The molecule has 1 saturated heterocycles. The van der Waals surface area contributed by atoms with E-state index in [4.69, 9.17) is 19.9 Å². The summed E-state index contributed by atoms with van der Waals surface area (Å²) in [5.41, 5.74) is 7.04. The van der Waals surface area contributed by atoms with Gasteiger partial charge in [0.15, 0.2) is 0 Å². The minimum Gasteiger partial charge on any atom is -0.494 e. The van der Waals surface area contributed by atoms with Gasteiger partial charge in [0.2, 0.25) is 0 Å². The van der Waals surface area contributed by atoms with Gasteiger partial charge in [-0.25, -0.2) is 9.59 Å². The molecule has 1 aromatic carbocycles. The van der Waals surface area contributed by atoms with Crippen LogP contribution in [0.5, 0.6) is 5.75 Å². The lowest BCUT2D eigenvalue weighted by molar-refractivity contribution is 0.0188. The van der Waals surface area contributed by atoms with Crippen molar-refractivity contribution in [1.82, 2.24) is 4.90 Å². The Kier molecular flexibility index (Phi) is 6.99. The lowest BCUT2D eigenvalue weighted by Crippen LogP contribution is -2.42. The summed E-state index contributed by atoms with van der Waals surface area (Å²) in [4.78, 5) is 25.6. The number of methoxy groups -OCH3 is 2. The lowest BCUT2D eigenvalue weighted by Gasteiger charge is -2.33. The zero-order valence-electron chi connectivity index (χ0n) is 17.3. The normalized spacial score (nSPS) is 15.1. The Balaban J connectivity index is 1.93. The quantitative estimate of drug-likeness (QED) is 0.585. The van der Waals surface area contributed by atoms with Gasteiger partial charge < -0.3 is 30.2 Å². The molecule has 0 saturated carbocycles. The fourth-order valence-corrected chi connectivity index (χ4v) is 3.12. The van der Waals surface area contributed by atoms with E-state index in [9.17, 15) is 9.59 Å². The van der Waals surface area contributed by atoms with E-state index in [1.807, 2.05) is 20.8 Å². The van der Waals surface area contributed by atoms with Crippen molar-refractivity contribution in [2.75, 3.05) is 44.9 Å². The molecule has 1 aliphatic heterocycles. The van der Waals surface area contributed by atoms with Crippen LogP contribution in [-0.2, 0) is 9.47 Å². The molecule has 1 heterocycles. The second-order valence-electron chi connectivity index (χ2n) is 7.93. The van der Waals surface area contributed by atoms with Gasteiger partial charge in [-0.1, -0.05) is 0 Å². The number of anilines is 2. The van der Waals surface area contributed by atoms with Gasteiger partial charge in [0, 0.05) is 19.6 Å². The molecule has 2 rings (SSSR count). The van der Waals surface area contributed by atoms with Crippen molar-refractivity contribution in [1.29, 1.82) is 0 Å². The summed E-state index contributed by atoms with van der Waals surface area (Å²) in [5.74, 6) is 0.417. The van der Waals surface area contributed by atoms with Crippen LogP contribution in [0.25, 0.3) is 0 Å². The van der Waals surface area contributed by atoms with E-state index < -0.39 is 11.6 Å². The van der Waals surface area contributed by atoms with Crippen LogP contribution < -0.4 is 15.8 Å². The molecule has 1 aliphatic rings. The number of esters is 1. The summed E-state index contributed by atoms with van der Waals surface area (Å²) in [6.45, 7) is 7.62. The van der Waals surface area contributed by atoms with Gasteiger partial charge in [-0.3, -0.25) is 0 Å². The molecule has 1 amide bonds. The number of piperidine rings is 1. The predicted octanol–water partition coefficient (Wildman–Crippen LogP) is 3.12. The monoisotopic (exact) mass is 393 g/mol. The zero-order valence-corrected chi connectivity index (χ0v) is 17.3. The molecule has 1 aromatic rings. The van der Waals surface area contributed by atoms with E-state index >= 15 is 0 Å². The average Bonchev–Trinajstić information content (AvgIpc) is 2.64. The van der Waals surface area contributed by atoms with E-state index in [1.54, 1.807) is 17.0 Å². The topological polar surface area (TPSA) is 103 Å². The molecule has 0 atom stereocenters. The number of benzene rings is 1. The number of rotatable bonds is 5. The number of hydrogen-bond donors (Lipinski definition) is 2. The molecular weight excluding hydrogens is 362 g/mol. The number of nitrogens with two attached hydrogens (primary N) is 1. The summed E-state index contributed by atoms with van der Waals surface area (Å²) >= 11 is 0. The van der Waals surface area contributed by atoms with Crippen molar-refractivity contribution >= 4 is 23.4 Å². The van der Waals surface area contributed by atoms with Gasteiger partial charge in [0.1, 0.15) is 17.0 Å². The predicted molar refractivity (Wildman–Crippen MR) is 108 cm³/mol. The molecule has 3 N–H and O–H groups in total. The average molecular weight is 393 g/mol. The van der Waals surface area contributed by atoms with E-state index in [0.29, 0.717) is 48.2 Å². The van der Waals surface area contributed by atoms with Gasteiger partial charge in [-0.05, 0) is 51.7 Å². The summed E-state index contributed by atoms with van der Waals surface area (Å²) in [7, 11) is 2.85. The van der Waals surface area contributed by atoms with Gasteiger partial charge >= 0.3 is 12.1 Å². The number of nitrogen functional groups attached to an aromatic ring is 1.